The number of nitrogens with one attached hydrogen (secondary N) is 3. The third-order valence-corrected chi connectivity index (χ3v) is 8.37. The maximum Gasteiger partial charge on any atom is 0.246 e. The molecule has 0 radical (unpaired) electrons. The highest BCUT2D eigenvalue weighted by molar-refractivity contribution is 5.98. The Kier molecular flexibility index (Phi) is 10.9. The van der Waals surface area contributed by atoms with Gasteiger partial charge in [0.1, 0.15) is 29.5 Å². The number of methoxy groups -OCH3 is 1. The number of morpholine rings is 1. The highest BCUT2D eigenvalue weighted by atomic mass is 16.6. The molecule has 0 aromatic heterocycles. The van der Waals surface area contributed by atoms with E-state index in [0.717, 1.165) is 25.7 Å². The number of amides is 3. The fourth-order valence-electron chi connectivity index (χ4n) is 5.57. The van der Waals surface area contributed by atoms with Gasteiger partial charge >= 0.3 is 0 Å². The number of carbonyl (C=O) groups excluding carboxylic acids is 4. The molecule has 5 atom stereocenters. The third kappa shape index (κ3) is 8.50. The van der Waals surface area contributed by atoms with Gasteiger partial charge in [0.25, 0.3) is 0 Å². The highest BCUT2D eigenvalue weighted by Gasteiger charge is 2.50. The molecule has 1 aromatic rings. The Morgan fingerprint density at radius 2 is 1.69 bits per heavy atom. The van der Waals surface area contributed by atoms with Gasteiger partial charge in [-0.1, -0.05) is 37.8 Å². The quantitative estimate of drug-likeness (QED) is 0.227. The molecule has 2 saturated heterocycles. The van der Waals surface area contributed by atoms with Crippen molar-refractivity contribution in [3.8, 4) is 5.75 Å². The number of aliphatic hydroxyl groups is 1. The van der Waals surface area contributed by atoms with Crippen LogP contribution < -0.4 is 20.7 Å². The Labute approximate surface area is 246 Å². The van der Waals surface area contributed by atoms with Gasteiger partial charge in [0.15, 0.2) is 5.78 Å². The lowest BCUT2D eigenvalue weighted by Gasteiger charge is -2.29. The summed E-state index contributed by atoms with van der Waals surface area (Å²) in [5.41, 5.74) is -0.570. The average Bonchev–Trinajstić information content (AvgIpc) is 3.53. The van der Waals surface area contributed by atoms with Crippen LogP contribution in [0.2, 0.25) is 0 Å². The van der Waals surface area contributed by atoms with Gasteiger partial charge in [-0.15, -0.1) is 0 Å². The highest BCUT2D eigenvalue weighted by Crippen LogP contribution is 2.33. The summed E-state index contributed by atoms with van der Waals surface area (Å²) in [6.07, 6.45) is 3.15. The van der Waals surface area contributed by atoms with Crippen LogP contribution in [0.15, 0.2) is 24.3 Å². The maximum atomic E-state index is 13.8. The van der Waals surface area contributed by atoms with Gasteiger partial charge in [-0.3, -0.25) is 24.1 Å². The Morgan fingerprint density at radius 1 is 1.05 bits per heavy atom. The number of nitrogens with zero attached hydrogens (tertiary/aromatic N) is 1. The minimum absolute atomic E-state index is 0.116. The predicted octanol–water partition coefficient (Wildman–Crippen LogP) is 0.473. The predicted molar refractivity (Wildman–Crippen MR) is 153 cm³/mol. The molecule has 232 valence electrons. The van der Waals surface area contributed by atoms with E-state index in [9.17, 15) is 24.3 Å². The summed E-state index contributed by atoms with van der Waals surface area (Å²) in [5, 5.41) is 19.4. The summed E-state index contributed by atoms with van der Waals surface area (Å²) in [6, 6.07) is 3.25. The molecule has 1 saturated carbocycles. The number of benzene rings is 1. The van der Waals surface area contributed by atoms with E-state index in [1.165, 1.54) is 14.0 Å². The normalized spacial score (nSPS) is 23.7. The second-order valence-electron chi connectivity index (χ2n) is 11.7. The van der Waals surface area contributed by atoms with Crippen molar-refractivity contribution in [3.05, 3.63) is 29.8 Å². The molecule has 12 nitrogen and oxygen atoms in total. The smallest absolute Gasteiger partial charge is 0.246 e. The van der Waals surface area contributed by atoms with Crippen molar-refractivity contribution in [2.24, 2.45) is 5.92 Å². The fraction of sp³-hybridized carbons (Fsp3) is 0.667. The number of carbonyl (C=O) groups is 4. The largest absolute Gasteiger partial charge is 0.497 e. The summed E-state index contributed by atoms with van der Waals surface area (Å²) in [4.78, 5) is 54.8. The molecule has 4 N–H and O–H groups in total. The van der Waals surface area contributed by atoms with E-state index < -0.39 is 41.6 Å². The molecular formula is C30H44N4O8. The summed E-state index contributed by atoms with van der Waals surface area (Å²) in [7, 11) is 1.52. The number of epoxide rings is 1. The molecule has 0 spiro atoms. The van der Waals surface area contributed by atoms with Crippen LogP contribution in [0, 0.1) is 5.92 Å². The lowest BCUT2D eigenvalue weighted by molar-refractivity contribution is -0.136. The Hall–Kier alpha value is -3.06. The van der Waals surface area contributed by atoms with Crippen molar-refractivity contribution in [3.63, 3.8) is 0 Å². The van der Waals surface area contributed by atoms with E-state index in [-0.39, 0.29) is 18.2 Å². The second kappa shape index (κ2) is 14.4. The monoisotopic (exact) mass is 588 g/mol. The Morgan fingerprint density at radius 3 is 2.29 bits per heavy atom. The molecule has 12 heteroatoms. The van der Waals surface area contributed by atoms with Gasteiger partial charge < -0.3 is 35.3 Å². The average molecular weight is 589 g/mol. The number of Topliss-reactive ketones (excluding diaryl/α,β-unsaturated/α-hetero) is 1. The first kappa shape index (κ1) is 31.9. The van der Waals surface area contributed by atoms with Gasteiger partial charge in [-0.25, -0.2) is 0 Å². The molecule has 3 fully saturated rings. The van der Waals surface area contributed by atoms with Crippen LogP contribution >= 0.6 is 0 Å². The van der Waals surface area contributed by atoms with Gasteiger partial charge in [0.05, 0.1) is 39.5 Å². The zero-order valence-corrected chi connectivity index (χ0v) is 24.7. The summed E-state index contributed by atoms with van der Waals surface area (Å²) in [6.45, 7) is 5.95. The molecule has 3 amide bonds. The zero-order valence-electron chi connectivity index (χ0n) is 24.7. The molecule has 2 aliphatic heterocycles. The van der Waals surface area contributed by atoms with E-state index in [1.54, 1.807) is 31.2 Å². The van der Waals surface area contributed by atoms with E-state index in [0.29, 0.717) is 56.6 Å². The number of hydrogen-bond acceptors (Lipinski definition) is 9. The van der Waals surface area contributed by atoms with Crippen LogP contribution in [0.1, 0.15) is 57.6 Å². The van der Waals surface area contributed by atoms with Crippen LogP contribution in [0.4, 0.5) is 0 Å². The zero-order chi connectivity index (χ0) is 30.3. The summed E-state index contributed by atoms with van der Waals surface area (Å²) < 4.78 is 15.9. The lowest BCUT2D eigenvalue weighted by Crippen LogP contribution is -2.58. The Bertz CT molecular complexity index is 1100. The van der Waals surface area contributed by atoms with Crippen LogP contribution in [0.25, 0.3) is 0 Å². The topological polar surface area (TPSA) is 159 Å². The van der Waals surface area contributed by atoms with Crippen molar-refractivity contribution in [1.82, 2.24) is 20.9 Å². The minimum Gasteiger partial charge on any atom is -0.497 e. The lowest BCUT2D eigenvalue weighted by atomic mass is 9.90. The van der Waals surface area contributed by atoms with E-state index in [1.807, 2.05) is 4.90 Å². The third-order valence-electron chi connectivity index (χ3n) is 8.37. The molecule has 2 heterocycles. The van der Waals surface area contributed by atoms with Gasteiger partial charge in [-0.2, -0.15) is 0 Å². The maximum absolute atomic E-state index is 13.8. The van der Waals surface area contributed by atoms with E-state index in [2.05, 4.69) is 16.0 Å². The second-order valence-corrected chi connectivity index (χ2v) is 11.7. The van der Waals surface area contributed by atoms with Crippen LogP contribution in [0.5, 0.6) is 5.75 Å². The number of aliphatic hydroxyl groups excluding tert-OH is 1. The van der Waals surface area contributed by atoms with Crippen LogP contribution in [-0.4, -0.2) is 104 Å². The molecule has 3 unspecified atom stereocenters. The first-order valence-corrected chi connectivity index (χ1v) is 14.8. The van der Waals surface area contributed by atoms with E-state index in [4.69, 9.17) is 14.2 Å². The van der Waals surface area contributed by atoms with E-state index >= 15 is 0 Å². The molecular weight excluding hydrogens is 544 g/mol. The number of rotatable bonds is 14. The molecule has 0 bridgehead atoms. The molecule has 1 aliphatic carbocycles. The first-order valence-electron chi connectivity index (χ1n) is 14.8. The molecule has 1 aromatic carbocycles. The van der Waals surface area contributed by atoms with Crippen molar-refractivity contribution in [2.75, 3.05) is 46.6 Å². The van der Waals surface area contributed by atoms with Gasteiger partial charge in [0.2, 0.25) is 17.7 Å². The van der Waals surface area contributed by atoms with Crippen molar-refractivity contribution in [2.45, 2.75) is 75.8 Å². The number of hydrogen-bond donors (Lipinski definition) is 4. The summed E-state index contributed by atoms with van der Waals surface area (Å²) >= 11 is 0. The number of ketones is 1. The molecule has 42 heavy (non-hydrogen) atoms. The van der Waals surface area contributed by atoms with Crippen molar-refractivity contribution >= 4 is 23.5 Å². The van der Waals surface area contributed by atoms with Crippen molar-refractivity contribution in [1.29, 1.82) is 0 Å². The summed E-state index contributed by atoms with van der Waals surface area (Å²) in [5.74, 6) is -1.03. The standard InChI is InChI=1S/C30H44N4O8/c1-19(31-24(35)17-34-12-14-41-15-13-34)28(38)33-25(26(36)21-8-10-22(40-3)11-9-21)29(39)32-23(16-20-6-4-5-7-20)27(37)30(2)18-42-30/h8-11,19-20,23,25-26,36H,4-7,12-18H2,1-3H3,(H,31,35)(H,32,39)(H,33,38)/t19?,23?,25-,26+,30?/m0/s1. The van der Waals surface area contributed by atoms with Gasteiger partial charge in [0, 0.05) is 13.1 Å². The van der Waals surface area contributed by atoms with Gasteiger partial charge in [-0.05, 0) is 43.9 Å². The Balaban J connectivity index is 1.47. The van der Waals surface area contributed by atoms with Crippen LogP contribution in [-0.2, 0) is 28.7 Å². The minimum atomic E-state index is -1.44. The fourth-order valence-corrected chi connectivity index (χ4v) is 5.57. The number of ether oxygens (including phenoxy) is 3. The SMILES string of the molecule is COc1ccc([C@@H](O)[C@H](NC(=O)C(C)NC(=O)CN2CCOCC2)C(=O)NC(CC2CCCC2)C(=O)C2(C)CO2)cc1. The first-order chi connectivity index (χ1) is 20.1. The van der Waals surface area contributed by atoms with Crippen LogP contribution in [0.3, 0.4) is 0 Å². The molecule has 4 rings (SSSR count). The molecule has 3 aliphatic rings. The van der Waals surface area contributed by atoms with Crippen molar-refractivity contribution < 1.29 is 38.5 Å².